The highest BCUT2D eigenvalue weighted by atomic mass is 28.4. The Labute approximate surface area is 172 Å². The minimum Gasteiger partial charge on any atom is -0.492 e. The van der Waals surface area contributed by atoms with Gasteiger partial charge in [-0.25, -0.2) is 9.37 Å². The third-order valence-corrected chi connectivity index (χ3v) is 4.85. The molecule has 0 fully saturated rings. The van der Waals surface area contributed by atoms with Crippen LogP contribution >= 0.6 is 0 Å². The van der Waals surface area contributed by atoms with E-state index in [1.54, 1.807) is 27.4 Å². The number of carbonyl (C=O) groups excluding carboxylic acids is 1. The SMILES string of the molecule is COc1c(C=CC(=O)OO[Si](C)(C)C)cc(C([Si])CC(C)C)c(OC)c1OC. The molecule has 0 bridgehead atoms. The van der Waals surface area contributed by atoms with Crippen LogP contribution < -0.4 is 14.2 Å². The Balaban J connectivity index is 3.32. The van der Waals surface area contributed by atoms with Crippen molar-refractivity contribution >= 4 is 30.6 Å². The van der Waals surface area contributed by atoms with Crippen LogP contribution in [0.15, 0.2) is 12.1 Å². The van der Waals surface area contributed by atoms with Crippen molar-refractivity contribution in [1.82, 2.24) is 0 Å². The molecule has 0 aliphatic carbocycles. The second-order valence-electron chi connectivity index (χ2n) is 7.77. The molecule has 0 aromatic heterocycles. The Morgan fingerprint density at radius 2 is 1.64 bits per heavy atom. The fraction of sp³-hybridized carbons (Fsp3) is 0.550. The Kier molecular flexibility index (Phi) is 9.26. The molecule has 155 valence electrons. The lowest BCUT2D eigenvalue weighted by Crippen LogP contribution is -2.26. The second kappa shape index (κ2) is 10.7. The van der Waals surface area contributed by atoms with E-state index in [4.69, 9.17) is 23.7 Å². The fourth-order valence-electron chi connectivity index (χ4n) is 2.60. The van der Waals surface area contributed by atoms with E-state index < -0.39 is 14.3 Å². The van der Waals surface area contributed by atoms with Crippen molar-refractivity contribution in [3.63, 3.8) is 0 Å². The summed E-state index contributed by atoms with van der Waals surface area (Å²) in [6.07, 6.45) is 3.82. The van der Waals surface area contributed by atoms with Crippen LogP contribution in [-0.4, -0.2) is 45.9 Å². The number of hydrogen-bond donors (Lipinski definition) is 0. The lowest BCUT2D eigenvalue weighted by atomic mass is 9.97. The maximum absolute atomic E-state index is 12.0. The molecule has 0 spiro atoms. The molecular formula is C20H31O6Si2. The van der Waals surface area contributed by atoms with Crippen molar-refractivity contribution < 1.29 is 28.5 Å². The van der Waals surface area contributed by atoms with E-state index in [0.717, 1.165) is 12.0 Å². The molecule has 3 radical (unpaired) electrons. The van der Waals surface area contributed by atoms with E-state index in [-0.39, 0.29) is 5.54 Å². The van der Waals surface area contributed by atoms with Crippen molar-refractivity contribution in [3.05, 3.63) is 23.3 Å². The first-order valence-electron chi connectivity index (χ1n) is 9.15. The maximum Gasteiger partial charge on any atom is 0.364 e. The Morgan fingerprint density at radius 1 is 1.07 bits per heavy atom. The van der Waals surface area contributed by atoms with Gasteiger partial charge in [-0.05, 0) is 55.2 Å². The largest absolute Gasteiger partial charge is 0.492 e. The van der Waals surface area contributed by atoms with Gasteiger partial charge in [0.15, 0.2) is 11.5 Å². The van der Waals surface area contributed by atoms with Crippen LogP contribution in [0.5, 0.6) is 17.2 Å². The third kappa shape index (κ3) is 6.99. The van der Waals surface area contributed by atoms with Gasteiger partial charge < -0.3 is 19.1 Å². The highest BCUT2D eigenvalue weighted by Crippen LogP contribution is 2.46. The molecule has 6 nitrogen and oxygen atoms in total. The average Bonchev–Trinajstić information content (AvgIpc) is 2.61. The standard InChI is InChI=1S/C20H31O6Si2/c1-13(2)11-16(27)15-12-14(9-10-17(21)25-26-28(6,7)8)18(22-3)20(24-5)19(15)23-4/h9-10,12-13,16H,11H2,1-8H3. The molecule has 1 unspecified atom stereocenters. The molecule has 0 aliphatic rings. The number of hydrogen-bond acceptors (Lipinski definition) is 6. The van der Waals surface area contributed by atoms with Gasteiger partial charge in [0.05, 0.1) is 21.3 Å². The first-order valence-corrected chi connectivity index (χ1v) is 13.1. The molecule has 1 atom stereocenters. The summed E-state index contributed by atoms with van der Waals surface area (Å²) < 4.78 is 21.9. The summed E-state index contributed by atoms with van der Waals surface area (Å²) in [4.78, 5) is 16.8. The summed E-state index contributed by atoms with van der Waals surface area (Å²) in [5, 5.41) is 0. The molecule has 0 aliphatic heterocycles. The van der Waals surface area contributed by atoms with Gasteiger partial charge in [0.1, 0.15) is 0 Å². The van der Waals surface area contributed by atoms with Gasteiger partial charge in [-0.2, -0.15) is 0 Å². The van der Waals surface area contributed by atoms with Crippen molar-refractivity contribution in [3.8, 4) is 17.2 Å². The van der Waals surface area contributed by atoms with Gasteiger partial charge in [-0.3, -0.25) is 0 Å². The quantitative estimate of drug-likeness (QED) is 0.242. The van der Waals surface area contributed by atoms with Gasteiger partial charge in [0.25, 0.3) is 0 Å². The molecule has 0 amide bonds. The summed E-state index contributed by atoms with van der Waals surface area (Å²) in [5.74, 6) is 1.44. The lowest BCUT2D eigenvalue weighted by molar-refractivity contribution is -0.213. The molecule has 1 rings (SSSR count). The minimum absolute atomic E-state index is 0.0454. The van der Waals surface area contributed by atoms with E-state index in [2.05, 4.69) is 24.1 Å². The number of benzene rings is 1. The number of rotatable bonds is 10. The van der Waals surface area contributed by atoms with Crippen LogP contribution in [-0.2, 0) is 14.3 Å². The lowest BCUT2D eigenvalue weighted by Gasteiger charge is -2.22. The van der Waals surface area contributed by atoms with Crippen molar-refractivity contribution in [1.29, 1.82) is 0 Å². The van der Waals surface area contributed by atoms with Gasteiger partial charge in [-0.1, -0.05) is 13.8 Å². The Morgan fingerprint density at radius 3 is 2.11 bits per heavy atom. The predicted molar refractivity (Wildman–Crippen MR) is 114 cm³/mol. The molecule has 8 heteroatoms. The van der Waals surface area contributed by atoms with Crippen LogP contribution in [0, 0.1) is 5.92 Å². The van der Waals surface area contributed by atoms with Crippen LogP contribution in [0.2, 0.25) is 19.6 Å². The Bertz CT molecular complexity index is 695. The molecule has 0 saturated heterocycles. The molecule has 0 heterocycles. The highest BCUT2D eigenvalue weighted by molar-refractivity contribution is 6.69. The van der Waals surface area contributed by atoms with Crippen LogP contribution in [0.25, 0.3) is 6.08 Å². The summed E-state index contributed by atoms with van der Waals surface area (Å²) in [5.41, 5.74) is 1.63. The molecule has 1 aromatic carbocycles. The topological polar surface area (TPSA) is 63.2 Å². The summed E-state index contributed by atoms with van der Waals surface area (Å²) in [6, 6.07) is 1.92. The zero-order valence-corrected chi connectivity index (χ0v) is 20.0. The molecule has 28 heavy (non-hydrogen) atoms. The van der Waals surface area contributed by atoms with Gasteiger partial charge >= 0.3 is 5.97 Å². The van der Waals surface area contributed by atoms with Crippen LogP contribution in [0.1, 0.15) is 36.9 Å². The Hall–Kier alpha value is -1.78. The smallest absolute Gasteiger partial charge is 0.364 e. The first kappa shape index (κ1) is 24.3. The summed E-state index contributed by atoms with van der Waals surface area (Å²) in [6.45, 7) is 10.1. The van der Waals surface area contributed by atoms with Crippen molar-refractivity contribution in [2.75, 3.05) is 21.3 Å². The predicted octanol–water partition coefficient (Wildman–Crippen LogP) is 4.29. The normalized spacial score (nSPS) is 12.9. The van der Waals surface area contributed by atoms with Gasteiger partial charge in [0, 0.05) is 21.9 Å². The second-order valence-corrected chi connectivity index (χ2v) is 12.9. The zero-order chi connectivity index (χ0) is 21.5. The zero-order valence-electron chi connectivity index (χ0n) is 18.0. The number of ether oxygens (including phenoxy) is 3. The van der Waals surface area contributed by atoms with Crippen LogP contribution in [0.3, 0.4) is 0 Å². The molecular weight excluding hydrogens is 392 g/mol. The highest BCUT2D eigenvalue weighted by Gasteiger charge is 2.24. The average molecular weight is 424 g/mol. The van der Waals surface area contributed by atoms with E-state index in [1.165, 1.54) is 6.08 Å². The molecule has 1 aromatic rings. The number of methoxy groups -OCH3 is 3. The van der Waals surface area contributed by atoms with E-state index >= 15 is 0 Å². The minimum atomic E-state index is -1.96. The van der Waals surface area contributed by atoms with E-state index in [0.29, 0.717) is 28.7 Å². The van der Waals surface area contributed by atoms with Crippen LogP contribution in [0.4, 0.5) is 0 Å². The number of carbonyl (C=O) groups is 1. The molecule has 0 N–H and O–H groups in total. The molecule has 0 saturated carbocycles. The maximum atomic E-state index is 12.0. The van der Waals surface area contributed by atoms with Crippen molar-refractivity contribution in [2.24, 2.45) is 5.92 Å². The van der Waals surface area contributed by atoms with E-state index in [1.807, 2.05) is 25.7 Å². The fourth-order valence-corrected chi connectivity index (χ4v) is 3.62. The van der Waals surface area contributed by atoms with Gasteiger partial charge in [-0.15, -0.1) is 0 Å². The monoisotopic (exact) mass is 423 g/mol. The third-order valence-electron chi connectivity index (χ3n) is 3.72. The van der Waals surface area contributed by atoms with E-state index in [9.17, 15) is 4.79 Å². The van der Waals surface area contributed by atoms with Gasteiger partial charge in [0.2, 0.25) is 14.1 Å². The van der Waals surface area contributed by atoms with Crippen molar-refractivity contribution in [2.45, 2.75) is 45.5 Å². The summed E-state index contributed by atoms with van der Waals surface area (Å²) in [7, 11) is 6.53. The first-order chi connectivity index (χ1) is 13.0. The summed E-state index contributed by atoms with van der Waals surface area (Å²) >= 11 is 0.